The van der Waals surface area contributed by atoms with Gasteiger partial charge in [0.2, 0.25) is 0 Å². The predicted molar refractivity (Wildman–Crippen MR) is 106 cm³/mol. The molecule has 0 radical (unpaired) electrons. The van der Waals surface area contributed by atoms with E-state index in [0.29, 0.717) is 0 Å². The highest BCUT2D eigenvalue weighted by molar-refractivity contribution is 5.79. The third-order valence-electron chi connectivity index (χ3n) is 4.74. The molecule has 0 saturated carbocycles. The zero-order valence-corrected chi connectivity index (χ0v) is 15.7. The average Bonchev–Trinajstić information content (AvgIpc) is 2.62. The number of nitrogens with zero attached hydrogens (tertiary/aromatic N) is 3. The Hall–Kier alpha value is -2.13. The van der Waals surface area contributed by atoms with Crippen LogP contribution in [0.4, 0.5) is 0 Å². The summed E-state index contributed by atoms with van der Waals surface area (Å²) in [4.78, 5) is 2.50. The second-order valence-electron chi connectivity index (χ2n) is 7.83. The van der Waals surface area contributed by atoms with Crippen LogP contribution in [-0.2, 0) is 12.0 Å². The molecule has 0 atom stereocenters. The fraction of sp³-hybridized carbons (Fsp3) is 0.409. The molecule has 1 aliphatic rings. The van der Waals surface area contributed by atoms with Gasteiger partial charge in [0.05, 0.1) is 6.21 Å². The molecule has 0 aliphatic carbocycles. The number of hydrogen-bond acceptors (Lipinski definition) is 3. The van der Waals surface area contributed by atoms with Crippen molar-refractivity contribution in [3.8, 4) is 0 Å². The minimum atomic E-state index is 0.199. The Kier molecular flexibility index (Phi) is 5.54. The van der Waals surface area contributed by atoms with Crippen molar-refractivity contribution in [3.05, 3.63) is 71.3 Å². The maximum atomic E-state index is 4.67. The van der Waals surface area contributed by atoms with E-state index in [4.69, 9.17) is 0 Å². The monoisotopic (exact) mass is 335 g/mol. The highest BCUT2D eigenvalue weighted by atomic mass is 15.5. The molecule has 1 aliphatic heterocycles. The first-order valence-electron chi connectivity index (χ1n) is 9.16. The molecule has 25 heavy (non-hydrogen) atoms. The summed E-state index contributed by atoms with van der Waals surface area (Å²) in [5, 5.41) is 6.85. The third kappa shape index (κ3) is 5.17. The molecule has 3 nitrogen and oxygen atoms in total. The van der Waals surface area contributed by atoms with Crippen LogP contribution >= 0.6 is 0 Å². The first-order chi connectivity index (χ1) is 12.0. The summed E-state index contributed by atoms with van der Waals surface area (Å²) >= 11 is 0. The van der Waals surface area contributed by atoms with Crippen LogP contribution in [0.5, 0.6) is 0 Å². The van der Waals surface area contributed by atoms with Gasteiger partial charge in [0.15, 0.2) is 0 Å². The minimum absolute atomic E-state index is 0.199. The molecule has 3 rings (SSSR count). The number of benzene rings is 2. The summed E-state index contributed by atoms with van der Waals surface area (Å²) in [6.07, 6.45) is 1.99. The first kappa shape index (κ1) is 17.7. The van der Waals surface area contributed by atoms with Gasteiger partial charge >= 0.3 is 0 Å². The van der Waals surface area contributed by atoms with Gasteiger partial charge in [-0.2, -0.15) is 5.10 Å². The SMILES string of the molecule is CC(C)(C)c1ccc(C=NN2CCN(Cc3ccccc3)CC2)cc1. The molecule has 1 saturated heterocycles. The quantitative estimate of drug-likeness (QED) is 0.782. The Labute approximate surface area is 152 Å². The maximum absolute atomic E-state index is 4.67. The lowest BCUT2D eigenvalue weighted by Crippen LogP contribution is -2.43. The zero-order valence-electron chi connectivity index (χ0n) is 15.7. The van der Waals surface area contributed by atoms with Crippen molar-refractivity contribution in [2.45, 2.75) is 32.7 Å². The van der Waals surface area contributed by atoms with Crippen molar-refractivity contribution in [2.75, 3.05) is 26.2 Å². The van der Waals surface area contributed by atoms with E-state index in [0.717, 1.165) is 32.7 Å². The van der Waals surface area contributed by atoms with Gasteiger partial charge in [-0.1, -0.05) is 75.4 Å². The highest BCUT2D eigenvalue weighted by Crippen LogP contribution is 2.21. The molecular weight excluding hydrogens is 306 g/mol. The van der Waals surface area contributed by atoms with Crippen molar-refractivity contribution < 1.29 is 0 Å². The van der Waals surface area contributed by atoms with Crippen molar-refractivity contribution in [3.63, 3.8) is 0 Å². The van der Waals surface area contributed by atoms with Crippen molar-refractivity contribution >= 4 is 6.21 Å². The van der Waals surface area contributed by atoms with E-state index >= 15 is 0 Å². The van der Waals surface area contributed by atoms with Gasteiger partial charge in [-0.05, 0) is 22.1 Å². The molecule has 0 spiro atoms. The van der Waals surface area contributed by atoms with E-state index in [1.54, 1.807) is 0 Å². The lowest BCUT2D eigenvalue weighted by Gasteiger charge is -2.33. The van der Waals surface area contributed by atoms with Crippen molar-refractivity contribution in [1.82, 2.24) is 9.91 Å². The van der Waals surface area contributed by atoms with Crippen LogP contribution in [0.1, 0.15) is 37.5 Å². The largest absolute Gasteiger partial charge is 0.295 e. The maximum Gasteiger partial charge on any atom is 0.0542 e. The second kappa shape index (κ2) is 7.83. The number of rotatable bonds is 4. The molecule has 0 aromatic heterocycles. The normalized spacial score (nSPS) is 16.5. The smallest absolute Gasteiger partial charge is 0.0542 e. The van der Waals surface area contributed by atoms with Crippen LogP contribution in [-0.4, -0.2) is 42.3 Å². The van der Waals surface area contributed by atoms with Gasteiger partial charge in [0.1, 0.15) is 0 Å². The Bertz CT molecular complexity index is 675. The summed E-state index contributed by atoms with van der Waals surface area (Å²) in [6.45, 7) is 11.9. The Morgan fingerprint density at radius 1 is 0.880 bits per heavy atom. The fourth-order valence-electron chi connectivity index (χ4n) is 3.07. The summed E-state index contributed by atoms with van der Waals surface area (Å²) in [6, 6.07) is 19.4. The molecule has 132 valence electrons. The van der Waals surface area contributed by atoms with Gasteiger partial charge in [-0.15, -0.1) is 0 Å². The Morgan fingerprint density at radius 3 is 2.12 bits per heavy atom. The van der Waals surface area contributed by atoms with E-state index < -0.39 is 0 Å². The zero-order chi connectivity index (χ0) is 17.7. The lowest BCUT2D eigenvalue weighted by atomic mass is 9.87. The molecule has 2 aromatic carbocycles. The minimum Gasteiger partial charge on any atom is -0.295 e. The molecule has 0 amide bonds. The van der Waals surface area contributed by atoms with Crippen LogP contribution in [0, 0.1) is 0 Å². The summed E-state index contributed by atoms with van der Waals surface area (Å²) in [5.74, 6) is 0. The van der Waals surface area contributed by atoms with Crippen molar-refractivity contribution in [1.29, 1.82) is 0 Å². The van der Waals surface area contributed by atoms with Crippen LogP contribution in [0.25, 0.3) is 0 Å². The number of piperazine rings is 1. The topological polar surface area (TPSA) is 18.8 Å². The van der Waals surface area contributed by atoms with Crippen LogP contribution < -0.4 is 0 Å². The molecule has 3 heteroatoms. The van der Waals surface area contributed by atoms with Gasteiger partial charge in [-0.25, -0.2) is 0 Å². The highest BCUT2D eigenvalue weighted by Gasteiger charge is 2.15. The molecule has 2 aromatic rings. The summed E-state index contributed by atoms with van der Waals surface area (Å²) in [7, 11) is 0. The van der Waals surface area contributed by atoms with Gasteiger partial charge < -0.3 is 0 Å². The molecule has 1 heterocycles. The van der Waals surface area contributed by atoms with Crippen molar-refractivity contribution in [2.24, 2.45) is 5.10 Å². The van der Waals surface area contributed by atoms with E-state index in [-0.39, 0.29) is 5.41 Å². The summed E-state index contributed by atoms with van der Waals surface area (Å²) < 4.78 is 0. The molecule has 0 unspecified atom stereocenters. The molecule has 1 fully saturated rings. The van der Waals surface area contributed by atoms with E-state index in [2.05, 4.69) is 90.4 Å². The Morgan fingerprint density at radius 2 is 1.52 bits per heavy atom. The fourth-order valence-corrected chi connectivity index (χ4v) is 3.07. The van der Waals surface area contributed by atoms with Gasteiger partial charge in [0, 0.05) is 32.7 Å². The van der Waals surface area contributed by atoms with E-state index in [9.17, 15) is 0 Å². The third-order valence-corrected chi connectivity index (χ3v) is 4.74. The van der Waals surface area contributed by atoms with Gasteiger partial charge in [-0.3, -0.25) is 9.91 Å². The molecule has 0 N–H and O–H groups in total. The Balaban J connectivity index is 1.49. The van der Waals surface area contributed by atoms with Crippen LogP contribution in [0.2, 0.25) is 0 Å². The van der Waals surface area contributed by atoms with Gasteiger partial charge in [0.25, 0.3) is 0 Å². The average molecular weight is 335 g/mol. The number of hydrazone groups is 1. The standard InChI is InChI=1S/C22H29N3/c1-22(2,3)21-11-9-19(10-12-21)17-23-25-15-13-24(14-16-25)18-20-7-5-4-6-8-20/h4-12,17H,13-16,18H2,1-3H3. The first-order valence-corrected chi connectivity index (χ1v) is 9.16. The van der Waals surface area contributed by atoms with E-state index in [1.807, 2.05) is 6.21 Å². The molecular formula is C22H29N3. The van der Waals surface area contributed by atoms with E-state index in [1.165, 1.54) is 16.7 Å². The number of hydrogen-bond donors (Lipinski definition) is 0. The lowest BCUT2D eigenvalue weighted by molar-refractivity contribution is 0.131. The molecule has 0 bridgehead atoms. The summed E-state index contributed by atoms with van der Waals surface area (Å²) in [5.41, 5.74) is 4.11. The second-order valence-corrected chi connectivity index (χ2v) is 7.83. The van der Waals surface area contributed by atoms with Crippen LogP contribution in [0.15, 0.2) is 59.7 Å². The van der Waals surface area contributed by atoms with Crippen LogP contribution in [0.3, 0.4) is 0 Å². The predicted octanol–water partition coefficient (Wildman–Crippen LogP) is 4.14.